The van der Waals surface area contributed by atoms with Crippen molar-refractivity contribution in [3.63, 3.8) is 0 Å². The first-order valence-corrected chi connectivity index (χ1v) is 9.76. The molecule has 0 unspecified atom stereocenters. The van der Waals surface area contributed by atoms with Crippen LogP contribution < -0.4 is 0 Å². The van der Waals surface area contributed by atoms with Crippen LogP contribution in [0.1, 0.15) is 74.8 Å². The molecule has 0 aliphatic heterocycles. The Morgan fingerprint density at radius 2 is 0.966 bits per heavy atom. The van der Waals surface area contributed by atoms with Gasteiger partial charge in [-0.15, -0.1) is 26.0 Å². The zero-order chi connectivity index (χ0) is 21.0. The minimum Gasteiger partial charge on any atom is -0.358 e. The van der Waals surface area contributed by atoms with E-state index in [4.69, 9.17) is 0 Å². The van der Waals surface area contributed by atoms with Gasteiger partial charge >= 0.3 is 26.2 Å². The second-order valence-electron chi connectivity index (χ2n) is 8.74. The summed E-state index contributed by atoms with van der Waals surface area (Å²) in [6.45, 7) is 25.6. The Bertz CT molecular complexity index is 731. The van der Waals surface area contributed by atoms with Crippen LogP contribution in [-0.4, -0.2) is 0 Å². The predicted octanol–water partition coefficient (Wildman–Crippen LogP) is 8.54. The SMILES string of the molecule is CC1=[C-]C(C)(C)C(C)=C1C.CC1=[C-]C(C)(C)C(C)=C1C.[CH2-]c1ccccc1.[CH3-].[Zr+4]. The first-order valence-electron chi connectivity index (χ1n) is 9.76. The third kappa shape index (κ3) is 8.29. The molecule has 0 fully saturated rings. The molecule has 0 aromatic heterocycles. The molecule has 0 saturated carbocycles. The van der Waals surface area contributed by atoms with Gasteiger partial charge in [-0.05, 0) is 0 Å². The smallest absolute Gasteiger partial charge is 0.358 e. The second-order valence-corrected chi connectivity index (χ2v) is 8.74. The van der Waals surface area contributed by atoms with Gasteiger partial charge in [-0.1, -0.05) is 72.3 Å². The van der Waals surface area contributed by atoms with E-state index in [1.54, 1.807) is 0 Å². The molecule has 1 aromatic carbocycles. The van der Waals surface area contributed by atoms with Gasteiger partial charge in [0.1, 0.15) is 0 Å². The summed E-state index contributed by atoms with van der Waals surface area (Å²) in [5.74, 6) is 0. The van der Waals surface area contributed by atoms with E-state index in [1.165, 1.54) is 33.4 Å². The predicted molar refractivity (Wildman–Crippen MR) is 126 cm³/mol. The van der Waals surface area contributed by atoms with Gasteiger partial charge in [-0.25, -0.2) is 11.1 Å². The van der Waals surface area contributed by atoms with Gasteiger partial charge in [0.2, 0.25) is 0 Å². The summed E-state index contributed by atoms with van der Waals surface area (Å²) < 4.78 is 0. The van der Waals surface area contributed by atoms with Crippen molar-refractivity contribution in [1.82, 2.24) is 0 Å². The van der Waals surface area contributed by atoms with Crippen LogP contribution in [0.15, 0.2) is 63.8 Å². The minimum atomic E-state index is 0. The fraction of sp³-hybridized carbons (Fsp3) is 0.429. The standard InChI is InChI=1S/2C10H15.C7H7.CH3.Zr/c2*1-7-6-10(4,5)9(3)8(7)2;1-7-5-3-2-4-6-7;;/h2*1-5H3;2-6H,1H2;1H3;/q4*-1;+4. The summed E-state index contributed by atoms with van der Waals surface area (Å²) >= 11 is 0. The van der Waals surface area contributed by atoms with E-state index in [0.717, 1.165) is 5.56 Å². The normalized spacial score (nSPS) is 18.3. The van der Waals surface area contributed by atoms with E-state index < -0.39 is 0 Å². The van der Waals surface area contributed by atoms with Crippen LogP contribution in [0.3, 0.4) is 0 Å². The van der Waals surface area contributed by atoms with Crippen molar-refractivity contribution in [2.24, 2.45) is 10.8 Å². The zero-order valence-electron chi connectivity index (χ0n) is 20.6. The third-order valence-electron chi connectivity index (χ3n) is 5.97. The summed E-state index contributed by atoms with van der Waals surface area (Å²) in [6, 6.07) is 9.87. The van der Waals surface area contributed by atoms with Crippen LogP contribution >= 0.6 is 0 Å². The van der Waals surface area contributed by atoms with Crippen molar-refractivity contribution in [1.29, 1.82) is 0 Å². The molecule has 0 bridgehead atoms. The Balaban J connectivity index is 0. The average Bonchev–Trinajstić information content (AvgIpc) is 2.87. The van der Waals surface area contributed by atoms with Crippen LogP contribution in [0.5, 0.6) is 0 Å². The van der Waals surface area contributed by atoms with Crippen molar-refractivity contribution in [2.45, 2.75) is 69.2 Å². The van der Waals surface area contributed by atoms with Crippen molar-refractivity contribution in [3.05, 3.63) is 95.8 Å². The molecule has 1 aromatic rings. The van der Waals surface area contributed by atoms with Crippen molar-refractivity contribution in [3.8, 4) is 0 Å². The molecule has 0 spiro atoms. The van der Waals surface area contributed by atoms with Gasteiger partial charge < -0.3 is 7.43 Å². The number of allylic oxidation sites excluding steroid dienone is 8. The Hall–Kier alpha value is -1.07. The quantitative estimate of drug-likeness (QED) is 0.335. The van der Waals surface area contributed by atoms with Gasteiger partial charge in [0, 0.05) is 0 Å². The fourth-order valence-electron chi connectivity index (χ4n) is 3.29. The summed E-state index contributed by atoms with van der Waals surface area (Å²) in [5, 5.41) is 0. The second kappa shape index (κ2) is 11.9. The molecule has 0 heterocycles. The molecule has 156 valence electrons. The van der Waals surface area contributed by atoms with Crippen molar-refractivity contribution >= 4 is 0 Å². The van der Waals surface area contributed by atoms with Gasteiger partial charge in [0.25, 0.3) is 0 Å². The summed E-state index contributed by atoms with van der Waals surface area (Å²) in [5.41, 5.74) is 9.86. The van der Waals surface area contributed by atoms with Gasteiger partial charge in [-0.2, -0.15) is 46.9 Å². The summed E-state index contributed by atoms with van der Waals surface area (Å²) in [4.78, 5) is 0. The number of rotatable bonds is 0. The molecular weight excluding hydrogens is 428 g/mol. The number of hydrogen-bond donors (Lipinski definition) is 0. The van der Waals surface area contributed by atoms with Crippen molar-refractivity contribution < 1.29 is 26.2 Å². The van der Waals surface area contributed by atoms with E-state index in [1.807, 2.05) is 30.3 Å². The maximum Gasteiger partial charge on any atom is 4.00 e. The molecule has 0 atom stereocenters. The maximum absolute atomic E-state index is 3.72. The average molecular weight is 468 g/mol. The molecule has 0 amide bonds. The van der Waals surface area contributed by atoms with Crippen LogP contribution in [0.4, 0.5) is 0 Å². The minimum absolute atomic E-state index is 0. The monoisotopic (exact) mass is 466 g/mol. The molecule has 0 radical (unpaired) electrons. The zero-order valence-corrected chi connectivity index (χ0v) is 23.1. The number of hydrogen-bond acceptors (Lipinski definition) is 0. The largest absolute Gasteiger partial charge is 4.00 e. The number of benzene rings is 1. The first-order chi connectivity index (χ1) is 12.3. The molecule has 3 rings (SSSR count). The summed E-state index contributed by atoms with van der Waals surface area (Å²) in [6.07, 6.45) is 6.87. The van der Waals surface area contributed by atoms with Crippen LogP contribution in [0.25, 0.3) is 0 Å². The van der Waals surface area contributed by atoms with E-state index in [2.05, 4.69) is 88.3 Å². The van der Waals surface area contributed by atoms with E-state index >= 15 is 0 Å². The maximum atomic E-state index is 3.72. The Morgan fingerprint density at radius 1 is 0.655 bits per heavy atom. The molecule has 2 aliphatic rings. The van der Waals surface area contributed by atoms with Crippen LogP contribution in [0, 0.1) is 37.3 Å². The molecule has 0 N–H and O–H groups in total. The van der Waals surface area contributed by atoms with E-state index in [-0.39, 0.29) is 44.5 Å². The third-order valence-corrected chi connectivity index (χ3v) is 5.97. The molecule has 29 heavy (non-hydrogen) atoms. The van der Waals surface area contributed by atoms with Gasteiger partial charge in [-0.3, -0.25) is 12.2 Å². The Labute approximate surface area is 201 Å². The van der Waals surface area contributed by atoms with Gasteiger partial charge in [0.15, 0.2) is 0 Å². The Kier molecular flexibility index (Phi) is 12.4. The summed E-state index contributed by atoms with van der Waals surface area (Å²) in [7, 11) is 0. The first kappa shape index (κ1) is 30.1. The molecule has 2 aliphatic carbocycles. The van der Waals surface area contributed by atoms with Gasteiger partial charge in [0.05, 0.1) is 0 Å². The van der Waals surface area contributed by atoms with Crippen LogP contribution in [0.2, 0.25) is 0 Å². The topological polar surface area (TPSA) is 0 Å². The van der Waals surface area contributed by atoms with Crippen LogP contribution in [-0.2, 0) is 26.2 Å². The van der Waals surface area contributed by atoms with E-state index in [9.17, 15) is 0 Å². The molecular formula is C28H40Zr. The molecule has 1 heteroatoms. The molecule has 0 nitrogen and oxygen atoms in total. The van der Waals surface area contributed by atoms with Crippen molar-refractivity contribution in [2.75, 3.05) is 0 Å². The fourth-order valence-corrected chi connectivity index (χ4v) is 3.29. The Morgan fingerprint density at radius 3 is 1.07 bits per heavy atom. The van der Waals surface area contributed by atoms with E-state index in [0.29, 0.717) is 0 Å². The molecule has 0 saturated heterocycles.